The lowest BCUT2D eigenvalue weighted by atomic mass is 10.5. The minimum absolute atomic E-state index is 0.223. The highest BCUT2D eigenvalue weighted by Gasteiger charge is 2.29. The average molecular weight is 198 g/mol. The van der Waals surface area contributed by atoms with Crippen molar-refractivity contribution >= 4 is 13.6 Å². The van der Waals surface area contributed by atoms with Crippen molar-refractivity contribution in [1.82, 2.24) is 0 Å². The van der Waals surface area contributed by atoms with E-state index in [0.29, 0.717) is 0 Å². The Labute approximate surface area is 70.2 Å². The number of rotatable bonds is 4. The predicted molar refractivity (Wildman–Crippen MR) is 41.5 cm³/mol. The van der Waals surface area contributed by atoms with Gasteiger partial charge in [0.25, 0.3) is 0 Å². The smallest absolute Gasteiger partial charge is 0.379 e. The number of aliphatic carboxylic acids is 1. The molecule has 0 unspecified atom stereocenters. The van der Waals surface area contributed by atoms with Crippen molar-refractivity contribution < 1.29 is 28.7 Å². The van der Waals surface area contributed by atoms with Crippen molar-refractivity contribution in [3.8, 4) is 0 Å². The maximum Gasteiger partial charge on any atom is 0.379 e. The zero-order chi connectivity index (χ0) is 9.99. The summed E-state index contributed by atoms with van der Waals surface area (Å²) in [6.07, 6.45) is -0.459. The second-order valence-electron chi connectivity index (χ2n) is 3.29. The molecule has 3 N–H and O–H groups in total. The van der Waals surface area contributed by atoms with Crippen LogP contribution in [-0.4, -0.2) is 52.3 Å². The van der Waals surface area contributed by atoms with E-state index in [4.69, 9.17) is 14.9 Å². The third kappa shape index (κ3) is 6.30. The van der Waals surface area contributed by atoms with Crippen molar-refractivity contribution in [2.45, 2.75) is 0 Å². The molecule has 0 amide bonds. The predicted octanol–water partition coefficient (Wildman–Crippen LogP) is -0.717. The molecular formula is C5H13NO5P+. The van der Waals surface area contributed by atoms with Gasteiger partial charge in [0.15, 0.2) is 12.8 Å². The molecule has 0 aliphatic heterocycles. The standard InChI is InChI=1S/C5H12NO5P/c1-6(2,3-5(7)8)4-12(9,10)11/h3-4H2,1-2H3,(H2-,7,8,9,10,11)/p+1. The SMILES string of the molecule is C[N+](C)(CC(=O)O)CP(=O)(O)O. The largest absolute Gasteiger partial charge is 0.477 e. The topological polar surface area (TPSA) is 94.8 Å². The van der Waals surface area contributed by atoms with E-state index in [1.165, 1.54) is 14.1 Å². The van der Waals surface area contributed by atoms with Crippen LogP contribution in [0.25, 0.3) is 0 Å². The van der Waals surface area contributed by atoms with E-state index in [2.05, 4.69) is 0 Å². The fourth-order valence-electron chi connectivity index (χ4n) is 0.915. The molecule has 12 heavy (non-hydrogen) atoms. The molecule has 7 heteroatoms. The van der Waals surface area contributed by atoms with Crippen LogP contribution in [0.3, 0.4) is 0 Å². The molecule has 0 saturated heterocycles. The number of carboxylic acids is 1. The van der Waals surface area contributed by atoms with Crippen LogP contribution < -0.4 is 0 Å². The Morgan fingerprint density at radius 3 is 2.08 bits per heavy atom. The lowest BCUT2D eigenvalue weighted by Crippen LogP contribution is -2.44. The minimum atomic E-state index is -4.13. The highest BCUT2D eigenvalue weighted by molar-refractivity contribution is 7.51. The summed E-state index contributed by atoms with van der Waals surface area (Å²) in [7, 11) is -1.23. The van der Waals surface area contributed by atoms with Crippen LogP contribution >= 0.6 is 7.60 Å². The first-order valence-electron chi connectivity index (χ1n) is 3.21. The van der Waals surface area contributed by atoms with E-state index in [9.17, 15) is 9.36 Å². The number of quaternary nitrogens is 1. The highest BCUT2D eigenvalue weighted by Crippen LogP contribution is 2.36. The van der Waals surface area contributed by atoms with Gasteiger partial charge in [-0.05, 0) is 0 Å². The van der Waals surface area contributed by atoms with Crippen LogP contribution in [0.5, 0.6) is 0 Å². The molecule has 6 nitrogen and oxygen atoms in total. The van der Waals surface area contributed by atoms with E-state index in [1.807, 2.05) is 0 Å². The summed E-state index contributed by atoms with van der Waals surface area (Å²) >= 11 is 0. The number of nitrogens with zero attached hydrogens (tertiary/aromatic N) is 1. The quantitative estimate of drug-likeness (QED) is 0.409. The Balaban J connectivity index is 4.23. The molecule has 0 radical (unpaired) electrons. The van der Waals surface area contributed by atoms with E-state index in [-0.39, 0.29) is 11.0 Å². The van der Waals surface area contributed by atoms with Gasteiger partial charge in [0.1, 0.15) is 0 Å². The highest BCUT2D eigenvalue weighted by atomic mass is 31.2. The van der Waals surface area contributed by atoms with Crippen LogP contribution in [-0.2, 0) is 9.36 Å². The maximum absolute atomic E-state index is 10.5. The molecule has 0 aromatic rings. The fourth-order valence-corrected chi connectivity index (χ4v) is 2.01. The Hall–Kier alpha value is -0.420. The summed E-state index contributed by atoms with van der Waals surface area (Å²) in [6, 6.07) is 0. The fraction of sp³-hybridized carbons (Fsp3) is 0.800. The lowest BCUT2D eigenvalue weighted by Gasteiger charge is -2.27. The normalized spacial score (nSPS) is 13.0. The molecule has 0 aromatic heterocycles. The van der Waals surface area contributed by atoms with E-state index < -0.39 is 19.9 Å². The van der Waals surface area contributed by atoms with Gasteiger partial charge in [-0.25, -0.2) is 4.79 Å². The number of hydrogen-bond donors (Lipinski definition) is 3. The third-order valence-electron chi connectivity index (χ3n) is 1.13. The van der Waals surface area contributed by atoms with Crippen molar-refractivity contribution in [3.63, 3.8) is 0 Å². The molecule has 0 aliphatic carbocycles. The average Bonchev–Trinajstić information content (AvgIpc) is 1.48. The van der Waals surface area contributed by atoms with Crippen molar-refractivity contribution in [3.05, 3.63) is 0 Å². The summed E-state index contributed by atoms with van der Waals surface area (Å²) in [5.74, 6) is -1.08. The van der Waals surface area contributed by atoms with Crippen LogP contribution in [0.2, 0.25) is 0 Å². The number of hydrogen-bond acceptors (Lipinski definition) is 2. The van der Waals surface area contributed by atoms with Gasteiger partial charge in [-0.1, -0.05) is 0 Å². The molecule has 72 valence electrons. The second-order valence-corrected chi connectivity index (χ2v) is 4.91. The van der Waals surface area contributed by atoms with Crippen LogP contribution in [0.4, 0.5) is 0 Å². The Morgan fingerprint density at radius 2 is 1.83 bits per heavy atom. The zero-order valence-corrected chi connectivity index (χ0v) is 7.86. The molecular weight excluding hydrogens is 185 g/mol. The first-order chi connectivity index (χ1) is 5.12. The molecule has 0 aromatic carbocycles. The summed E-state index contributed by atoms with van der Waals surface area (Å²) in [4.78, 5) is 27.4. The number of carboxylic acid groups (broad SMARTS) is 1. The van der Waals surface area contributed by atoms with Gasteiger partial charge in [0, 0.05) is 0 Å². The Kier molecular flexibility index (Phi) is 3.41. The monoisotopic (exact) mass is 198 g/mol. The van der Waals surface area contributed by atoms with Crippen molar-refractivity contribution in [2.75, 3.05) is 26.9 Å². The van der Waals surface area contributed by atoms with Crippen molar-refractivity contribution in [1.29, 1.82) is 0 Å². The van der Waals surface area contributed by atoms with Gasteiger partial charge >= 0.3 is 13.6 Å². The van der Waals surface area contributed by atoms with E-state index in [1.54, 1.807) is 0 Å². The molecule has 0 bridgehead atoms. The first-order valence-corrected chi connectivity index (χ1v) is 5.00. The Bertz CT molecular complexity index is 220. The van der Waals surface area contributed by atoms with Crippen molar-refractivity contribution in [2.24, 2.45) is 0 Å². The molecule has 0 fully saturated rings. The summed E-state index contributed by atoms with van der Waals surface area (Å²) in [5.41, 5.74) is 0. The van der Waals surface area contributed by atoms with Crippen LogP contribution in [0, 0.1) is 0 Å². The van der Waals surface area contributed by atoms with Gasteiger partial charge in [0.05, 0.1) is 14.1 Å². The second kappa shape index (κ2) is 3.53. The zero-order valence-electron chi connectivity index (χ0n) is 6.97. The van der Waals surface area contributed by atoms with Gasteiger partial charge < -0.3 is 19.4 Å². The van der Waals surface area contributed by atoms with Crippen LogP contribution in [0.15, 0.2) is 0 Å². The minimum Gasteiger partial charge on any atom is -0.477 e. The third-order valence-corrected chi connectivity index (χ3v) is 2.26. The van der Waals surface area contributed by atoms with Gasteiger partial charge in [-0.15, -0.1) is 0 Å². The number of carbonyl (C=O) groups is 1. The molecule has 0 atom stereocenters. The summed E-state index contributed by atoms with van der Waals surface area (Å²) in [6.45, 7) is -0.300. The lowest BCUT2D eigenvalue weighted by molar-refractivity contribution is -0.872. The molecule has 0 heterocycles. The van der Waals surface area contributed by atoms with Crippen LogP contribution in [0.1, 0.15) is 0 Å². The molecule has 0 rings (SSSR count). The Morgan fingerprint density at radius 1 is 1.42 bits per heavy atom. The first kappa shape index (κ1) is 11.6. The maximum atomic E-state index is 10.5. The van der Waals surface area contributed by atoms with Gasteiger partial charge in [0.2, 0.25) is 0 Å². The molecule has 0 saturated carbocycles. The number of likely N-dealkylation sites (N-methyl/N-ethyl adjacent to an activating group) is 1. The van der Waals surface area contributed by atoms with E-state index >= 15 is 0 Å². The van der Waals surface area contributed by atoms with Gasteiger partial charge in [-0.3, -0.25) is 4.57 Å². The molecule has 0 spiro atoms. The summed E-state index contributed by atoms with van der Waals surface area (Å²) < 4.78 is 10.3. The van der Waals surface area contributed by atoms with E-state index in [0.717, 1.165) is 0 Å². The van der Waals surface area contributed by atoms with Gasteiger partial charge in [-0.2, -0.15) is 0 Å². The molecule has 0 aliphatic rings. The summed E-state index contributed by atoms with van der Waals surface area (Å²) in [5, 5.41) is 8.38.